The van der Waals surface area contributed by atoms with E-state index in [4.69, 9.17) is 9.15 Å². The number of benzene rings is 2. The molecule has 2 aliphatic rings. The maximum atomic E-state index is 15.9. The van der Waals surface area contributed by atoms with Crippen LogP contribution in [0.1, 0.15) is 40.7 Å². The van der Waals surface area contributed by atoms with Gasteiger partial charge in [0.2, 0.25) is 5.43 Å². The van der Waals surface area contributed by atoms with Crippen molar-refractivity contribution in [3.8, 4) is 0 Å². The van der Waals surface area contributed by atoms with Crippen molar-refractivity contribution in [3.05, 3.63) is 73.4 Å². The van der Waals surface area contributed by atoms with Crippen LogP contribution in [0.5, 0.6) is 0 Å². The molecular formula is C35H38FN5O5. The SMILES string of the molecule is CN(C)CCCCNC(=O)c1cn2c3cc4c5c(c(=O)c4cc3oc3c(NCCN4CCOCC4)c(F)cc(c1=O)c32)C=CCC5. The number of amides is 1. The number of hydrogen-bond acceptors (Lipinski definition) is 8. The average molecular weight is 628 g/mol. The molecule has 1 amide bonds. The summed E-state index contributed by atoms with van der Waals surface area (Å²) in [5, 5.41) is 7.48. The molecular weight excluding hydrogens is 589 g/mol. The highest BCUT2D eigenvalue weighted by molar-refractivity contribution is 6.08. The van der Waals surface area contributed by atoms with Gasteiger partial charge in [0.05, 0.1) is 24.1 Å². The molecule has 2 N–H and O–H groups in total. The number of carbonyl (C=O) groups excluding carboxylic acids is 1. The van der Waals surface area contributed by atoms with Crippen molar-refractivity contribution in [2.24, 2.45) is 0 Å². The Morgan fingerprint density at radius 2 is 1.85 bits per heavy atom. The smallest absolute Gasteiger partial charge is 0.256 e. The number of anilines is 1. The number of carbonyl (C=O) groups is 1. The third-order valence-corrected chi connectivity index (χ3v) is 9.15. The van der Waals surface area contributed by atoms with Gasteiger partial charge in [0.15, 0.2) is 22.4 Å². The van der Waals surface area contributed by atoms with E-state index >= 15 is 4.39 Å². The van der Waals surface area contributed by atoms with Crippen LogP contribution in [0.2, 0.25) is 0 Å². The number of allylic oxidation sites excluding steroid dienone is 1. The molecule has 0 radical (unpaired) electrons. The Balaban J connectivity index is 1.38. The van der Waals surface area contributed by atoms with Gasteiger partial charge in [-0.15, -0.1) is 0 Å². The second-order valence-corrected chi connectivity index (χ2v) is 12.5. The first-order chi connectivity index (χ1) is 22.3. The van der Waals surface area contributed by atoms with E-state index in [2.05, 4.69) is 20.4 Å². The largest absolute Gasteiger partial charge is 0.451 e. The van der Waals surface area contributed by atoms with Gasteiger partial charge in [-0.3, -0.25) is 19.3 Å². The van der Waals surface area contributed by atoms with Crippen molar-refractivity contribution in [3.63, 3.8) is 0 Å². The molecule has 0 unspecified atom stereocenters. The van der Waals surface area contributed by atoms with Crippen molar-refractivity contribution in [1.29, 1.82) is 0 Å². The number of rotatable bonds is 10. The first-order valence-electron chi connectivity index (χ1n) is 16.0. The zero-order chi connectivity index (χ0) is 31.9. The Morgan fingerprint density at radius 1 is 1.02 bits per heavy atom. The summed E-state index contributed by atoms with van der Waals surface area (Å²) < 4.78 is 29.5. The van der Waals surface area contributed by atoms with Crippen LogP contribution in [0.25, 0.3) is 44.4 Å². The van der Waals surface area contributed by atoms with E-state index in [1.807, 2.05) is 32.3 Å². The molecule has 5 aromatic rings. The first-order valence-corrected chi connectivity index (χ1v) is 16.0. The van der Waals surface area contributed by atoms with Crippen LogP contribution < -0.4 is 21.5 Å². The molecule has 0 spiro atoms. The summed E-state index contributed by atoms with van der Waals surface area (Å²) in [7, 11) is 3.99. The summed E-state index contributed by atoms with van der Waals surface area (Å²) >= 11 is 0. The number of nitrogens with zero attached hydrogens (tertiary/aromatic N) is 3. The van der Waals surface area contributed by atoms with Crippen LogP contribution in [0.4, 0.5) is 10.1 Å². The first kappa shape index (κ1) is 30.3. The zero-order valence-corrected chi connectivity index (χ0v) is 26.2. The maximum absolute atomic E-state index is 15.9. The number of morpholine rings is 1. The summed E-state index contributed by atoms with van der Waals surface area (Å²) in [5.41, 5.74) is 2.53. The highest BCUT2D eigenvalue weighted by atomic mass is 19.1. The highest BCUT2D eigenvalue weighted by Gasteiger charge is 2.25. The van der Waals surface area contributed by atoms with E-state index in [1.54, 1.807) is 10.5 Å². The minimum absolute atomic E-state index is 0.0502. The number of fused-ring (bicyclic) bond motifs is 5. The number of aromatic nitrogens is 1. The standard InChI is InChI=1S/C35H38FN5O5/c1-39(2)11-6-5-9-38-35(44)26-20-41-28-18-23-21-7-3-4-8-22(21)32(42)24(23)19-29(28)46-34-30(27(36)17-25(31(34)41)33(26)43)37-10-12-40-13-15-45-16-14-40/h4,8,17-20,37H,3,5-7,9-16H2,1-2H3,(H,38,44). The second-order valence-electron chi connectivity index (χ2n) is 12.5. The molecule has 0 saturated carbocycles. The number of pyridine rings is 1. The normalized spacial score (nSPS) is 15.5. The number of ether oxygens (including phenoxy) is 1. The molecule has 1 fully saturated rings. The molecule has 3 aromatic carbocycles. The molecule has 240 valence electrons. The van der Waals surface area contributed by atoms with E-state index in [1.165, 1.54) is 12.3 Å². The summed E-state index contributed by atoms with van der Waals surface area (Å²) in [4.78, 5) is 44.9. The van der Waals surface area contributed by atoms with Crippen molar-refractivity contribution < 1.29 is 18.3 Å². The van der Waals surface area contributed by atoms with E-state index in [9.17, 15) is 14.4 Å². The molecule has 0 atom stereocenters. The van der Waals surface area contributed by atoms with Crippen LogP contribution in [0, 0.1) is 5.82 Å². The molecule has 7 rings (SSSR count). The summed E-state index contributed by atoms with van der Waals surface area (Å²) in [5.74, 6) is -1.17. The minimum Gasteiger partial charge on any atom is -0.451 e. The monoisotopic (exact) mass is 627 g/mol. The lowest BCUT2D eigenvalue weighted by molar-refractivity contribution is 0.0398. The van der Waals surface area contributed by atoms with Crippen molar-refractivity contribution in [1.82, 2.24) is 19.5 Å². The Labute approximate surface area is 264 Å². The van der Waals surface area contributed by atoms with Crippen molar-refractivity contribution >= 4 is 56.0 Å². The van der Waals surface area contributed by atoms with Gasteiger partial charge in [-0.2, -0.15) is 0 Å². The molecule has 1 saturated heterocycles. The third kappa shape index (κ3) is 5.42. The lowest BCUT2D eigenvalue weighted by Gasteiger charge is -2.26. The molecule has 0 bridgehead atoms. The minimum atomic E-state index is -0.655. The van der Waals surface area contributed by atoms with Crippen LogP contribution >= 0.6 is 0 Å². The summed E-state index contributed by atoms with van der Waals surface area (Å²) in [6.07, 6.45) is 8.63. The van der Waals surface area contributed by atoms with Gasteiger partial charge in [-0.1, -0.05) is 12.2 Å². The van der Waals surface area contributed by atoms with Gasteiger partial charge in [0.25, 0.3) is 5.91 Å². The van der Waals surface area contributed by atoms with E-state index < -0.39 is 17.2 Å². The second kappa shape index (κ2) is 12.5. The predicted molar refractivity (Wildman–Crippen MR) is 179 cm³/mol. The number of unbranched alkanes of at least 4 members (excludes halogenated alkanes) is 1. The maximum Gasteiger partial charge on any atom is 0.256 e. The van der Waals surface area contributed by atoms with Gasteiger partial charge in [-0.25, -0.2) is 4.39 Å². The zero-order valence-electron chi connectivity index (χ0n) is 26.2. The van der Waals surface area contributed by atoms with E-state index in [0.29, 0.717) is 60.4 Å². The average Bonchev–Trinajstić information content (AvgIpc) is 3.33. The van der Waals surface area contributed by atoms with Gasteiger partial charge in [0, 0.05) is 49.9 Å². The quantitative estimate of drug-likeness (QED) is 0.136. The number of halogens is 1. The van der Waals surface area contributed by atoms with Crippen molar-refractivity contribution in [2.75, 3.05) is 71.9 Å². The molecule has 1 aliphatic carbocycles. The fraction of sp³-hybridized carbons (Fsp3) is 0.400. The molecule has 3 heterocycles. The number of aryl methyl sites for hydroxylation is 1. The van der Waals surface area contributed by atoms with Gasteiger partial charge >= 0.3 is 0 Å². The molecule has 10 nitrogen and oxygen atoms in total. The Hall–Kier alpha value is -4.32. The van der Waals surface area contributed by atoms with Gasteiger partial charge in [-0.05, 0) is 75.5 Å². The van der Waals surface area contributed by atoms with E-state index in [-0.39, 0.29) is 27.6 Å². The fourth-order valence-electron chi connectivity index (χ4n) is 6.74. The van der Waals surface area contributed by atoms with Crippen LogP contribution in [0.15, 0.2) is 44.5 Å². The molecule has 2 aromatic heterocycles. The number of hydrogen-bond donors (Lipinski definition) is 2. The van der Waals surface area contributed by atoms with Gasteiger partial charge in [0.1, 0.15) is 16.8 Å². The Morgan fingerprint density at radius 3 is 2.65 bits per heavy atom. The van der Waals surface area contributed by atoms with Crippen molar-refractivity contribution in [2.45, 2.75) is 25.7 Å². The lowest BCUT2D eigenvalue weighted by Crippen LogP contribution is -2.39. The Bertz CT molecular complexity index is 2110. The molecule has 11 heteroatoms. The van der Waals surface area contributed by atoms with Crippen LogP contribution in [-0.2, 0) is 11.2 Å². The topological polar surface area (TPSA) is 109 Å². The summed E-state index contributed by atoms with van der Waals surface area (Å²) in [6.45, 7) is 5.32. The van der Waals surface area contributed by atoms with Crippen LogP contribution in [0.3, 0.4) is 0 Å². The predicted octanol–water partition coefficient (Wildman–Crippen LogP) is 4.06. The Kier molecular flexibility index (Phi) is 8.22. The van der Waals surface area contributed by atoms with Crippen LogP contribution in [-0.4, -0.2) is 86.7 Å². The van der Waals surface area contributed by atoms with E-state index in [0.717, 1.165) is 56.3 Å². The van der Waals surface area contributed by atoms with Gasteiger partial charge < -0.3 is 29.1 Å². The summed E-state index contributed by atoms with van der Waals surface area (Å²) in [6, 6.07) is 4.80. The third-order valence-electron chi connectivity index (χ3n) is 9.15. The lowest BCUT2D eigenvalue weighted by atomic mass is 10.00. The highest BCUT2D eigenvalue weighted by Crippen LogP contribution is 2.36. The molecule has 46 heavy (non-hydrogen) atoms. The number of nitrogens with one attached hydrogen (secondary N) is 2. The fourth-order valence-corrected chi connectivity index (χ4v) is 6.74. The molecule has 1 aliphatic heterocycles.